The van der Waals surface area contributed by atoms with E-state index >= 15 is 0 Å². The maximum absolute atomic E-state index is 12.9. The number of amides is 2. The molecule has 2 amide bonds. The van der Waals surface area contributed by atoms with Gasteiger partial charge in [0.2, 0.25) is 6.10 Å². The molecule has 4 aliphatic rings. The zero-order valence-corrected chi connectivity index (χ0v) is 18.0. The molecule has 0 radical (unpaired) electrons. The van der Waals surface area contributed by atoms with Gasteiger partial charge in [0.25, 0.3) is 21.8 Å². The minimum Gasteiger partial charge on any atom is -0.485 e. The van der Waals surface area contributed by atoms with Crippen LogP contribution in [0.4, 0.5) is 0 Å². The molecule has 4 aliphatic heterocycles. The Morgan fingerprint density at radius 1 is 0.969 bits per heavy atom. The number of ether oxygens (including phenoxy) is 2. The van der Waals surface area contributed by atoms with Crippen LogP contribution >= 0.6 is 0 Å². The number of carbonyl (C=O) groups is 2. The van der Waals surface area contributed by atoms with Crippen LogP contribution in [0.25, 0.3) is 0 Å². The van der Waals surface area contributed by atoms with E-state index in [-0.39, 0.29) is 30.7 Å². The minimum atomic E-state index is -3.44. The first kappa shape index (κ1) is 20.6. The predicted octanol–water partition coefficient (Wildman–Crippen LogP) is -0.00520. The molecule has 1 atom stereocenters. The van der Waals surface area contributed by atoms with Crippen LogP contribution in [0.15, 0.2) is 52.6 Å². The van der Waals surface area contributed by atoms with Gasteiger partial charge >= 0.3 is 0 Å². The number of para-hydroxylation sites is 2. The maximum atomic E-state index is 12.9. The Kier molecular flexibility index (Phi) is 5.12. The van der Waals surface area contributed by atoms with Gasteiger partial charge in [-0.25, -0.2) is 8.42 Å². The Morgan fingerprint density at radius 3 is 2.47 bits per heavy atom. The van der Waals surface area contributed by atoms with Crippen molar-refractivity contribution in [1.82, 2.24) is 14.7 Å². The number of piperazine rings is 1. The molecule has 10 nitrogen and oxygen atoms in total. The summed E-state index contributed by atoms with van der Waals surface area (Å²) >= 11 is 0. The van der Waals surface area contributed by atoms with E-state index in [1.807, 2.05) is 12.1 Å². The molecule has 0 unspecified atom stereocenters. The normalized spacial score (nSPS) is 23.8. The lowest BCUT2D eigenvalue weighted by molar-refractivity contribution is -0.145. The highest BCUT2D eigenvalue weighted by molar-refractivity contribution is 7.90. The van der Waals surface area contributed by atoms with E-state index in [2.05, 4.69) is 4.40 Å². The van der Waals surface area contributed by atoms with Crippen molar-refractivity contribution in [1.29, 1.82) is 0 Å². The highest BCUT2D eigenvalue weighted by Gasteiger charge is 2.34. The third-order valence-electron chi connectivity index (χ3n) is 5.73. The zero-order valence-electron chi connectivity index (χ0n) is 17.2. The fourth-order valence-corrected chi connectivity index (χ4v) is 4.95. The first-order chi connectivity index (χ1) is 15.4. The lowest BCUT2D eigenvalue weighted by atomic mass is 10.1. The summed E-state index contributed by atoms with van der Waals surface area (Å²) in [5.41, 5.74) is 0.462. The average Bonchev–Trinajstić information content (AvgIpc) is 2.82. The minimum absolute atomic E-state index is 0.0828. The number of sulfonamides is 1. The molecule has 0 N–H and O–H groups in total. The van der Waals surface area contributed by atoms with E-state index in [1.165, 1.54) is 0 Å². The van der Waals surface area contributed by atoms with Crippen molar-refractivity contribution in [2.45, 2.75) is 6.10 Å². The molecule has 0 aliphatic carbocycles. The number of carbonyl (C=O) groups excluding carboxylic acids is 2. The van der Waals surface area contributed by atoms with Gasteiger partial charge in [-0.3, -0.25) is 9.59 Å². The Bertz CT molecular complexity index is 1150. The number of nitrogens with zero attached hydrogens (tertiary/aromatic N) is 4. The molecule has 0 bridgehead atoms. The van der Waals surface area contributed by atoms with Gasteiger partial charge in [0, 0.05) is 38.9 Å². The molecular formula is C21H22N4O6S. The Morgan fingerprint density at radius 2 is 1.69 bits per heavy atom. The van der Waals surface area contributed by atoms with Gasteiger partial charge in [0.05, 0.1) is 11.3 Å². The van der Waals surface area contributed by atoms with Crippen LogP contribution < -0.4 is 9.47 Å². The van der Waals surface area contributed by atoms with Crippen LogP contribution in [-0.4, -0.2) is 92.0 Å². The van der Waals surface area contributed by atoms with Gasteiger partial charge in [0.1, 0.15) is 12.4 Å². The molecule has 0 saturated carbocycles. The second-order valence-electron chi connectivity index (χ2n) is 7.83. The summed E-state index contributed by atoms with van der Waals surface area (Å²) in [5.74, 6) is 1.10. The van der Waals surface area contributed by atoms with E-state index in [0.717, 1.165) is 0 Å². The van der Waals surface area contributed by atoms with E-state index < -0.39 is 16.1 Å². The third-order valence-corrected chi connectivity index (χ3v) is 6.90. The lowest BCUT2D eigenvalue weighted by Crippen LogP contribution is -2.55. The summed E-state index contributed by atoms with van der Waals surface area (Å²) in [6, 6.07) is 7.24. The van der Waals surface area contributed by atoms with Crippen molar-refractivity contribution in [3.05, 3.63) is 48.2 Å². The first-order valence-corrected chi connectivity index (χ1v) is 12.0. The molecular weight excluding hydrogens is 436 g/mol. The summed E-state index contributed by atoms with van der Waals surface area (Å²) in [6.07, 6.45) is 4.06. The van der Waals surface area contributed by atoms with Crippen LogP contribution in [0.1, 0.15) is 0 Å². The lowest BCUT2D eigenvalue weighted by Gasteiger charge is -2.37. The maximum Gasteiger partial charge on any atom is 0.267 e. The van der Waals surface area contributed by atoms with E-state index in [0.29, 0.717) is 49.1 Å². The van der Waals surface area contributed by atoms with Gasteiger partial charge in [0.15, 0.2) is 11.5 Å². The van der Waals surface area contributed by atoms with Gasteiger partial charge in [-0.1, -0.05) is 12.1 Å². The summed E-state index contributed by atoms with van der Waals surface area (Å²) in [6.45, 7) is 2.01. The van der Waals surface area contributed by atoms with E-state index in [4.69, 9.17) is 9.47 Å². The fourth-order valence-electron chi connectivity index (χ4n) is 3.98. The summed E-state index contributed by atoms with van der Waals surface area (Å²) in [4.78, 5) is 30.9. The van der Waals surface area contributed by atoms with E-state index in [1.54, 1.807) is 45.2 Å². The van der Waals surface area contributed by atoms with Crippen LogP contribution in [0.3, 0.4) is 0 Å². The second kappa shape index (κ2) is 7.97. The Labute approximate surface area is 185 Å². The highest BCUT2D eigenvalue weighted by atomic mass is 32.2. The van der Waals surface area contributed by atoms with Gasteiger partial charge < -0.3 is 24.2 Å². The summed E-state index contributed by atoms with van der Waals surface area (Å²) in [7, 11) is -3.44. The second-order valence-corrected chi connectivity index (χ2v) is 9.58. The monoisotopic (exact) mass is 458 g/mol. The number of hydrogen-bond donors (Lipinski definition) is 0. The zero-order chi connectivity index (χ0) is 22.3. The Hall–Kier alpha value is -3.34. The molecule has 11 heteroatoms. The largest absolute Gasteiger partial charge is 0.485 e. The number of benzene rings is 1. The predicted molar refractivity (Wildman–Crippen MR) is 115 cm³/mol. The van der Waals surface area contributed by atoms with Crippen molar-refractivity contribution in [2.75, 3.05) is 45.1 Å². The highest BCUT2D eigenvalue weighted by Crippen LogP contribution is 2.31. The molecule has 1 aromatic carbocycles. The van der Waals surface area contributed by atoms with Crippen molar-refractivity contribution in [2.24, 2.45) is 4.40 Å². The van der Waals surface area contributed by atoms with Crippen molar-refractivity contribution in [3.8, 4) is 11.5 Å². The topological polar surface area (TPSA) is 109 Å². The number of hydrogen-bond acceptors (Lipinski definition) is 7. The van der Waals surface area contributed by atoms with Crippen molar-refractivity contribution < 1.29 is 27.5 Å². The standard InChI is InChI=1S/C21H22N4O6S/c26-20(15-5-6-19-22-32(28,29)12-11-25(19)13-15)23-7-9-24(10-8-23)21(27)18-14-30-16-3-1-2-4-17(16)31-18/h1-6,13,18H,7-12,14H2/t18-/m0/s1. The van der Waals surface area contributed by atoms with Crippen molar-refractivity contribution >= 4 is 27.7 Å². The number of fused-ring (bicyclic) bond motifs is 2. The van der Waals surface area contributed by atoms with E-state index in [9.17, 15) is 18.0 Å². The SMILES string of the molecule is O=C(C1=CN2CCS(=O)(=O)N=C2C=C1)N1CCN(C(=O)[C@@H]2COc3ccccc3O2)CC1. The Balaban J connectivity index is 1.18. The summed E-state index contributed by atoms with van der Waals surface area (Å²) in [5, 5.41) is 0. The van der Waals surface area contributed by atoms with Crippen LogP contribution in [-0.2, 0) is 19.6 Å². The molecule has 168 valence electrons. The molecule has 5 rings (SSSR count). The van der Waals surface area contributed by atoms with Gasteiger partial charge in [-0.05, 0) is 24.3 Å². The quantitative estimate of drug-likeness (QED) is 0.614. The number of rotatable bonds is 2. The molecule has 1 aromatic rings. The van der Waals surface area contributed by atoms with Crippen LogP contribution in [0, 0.1) is 0 Å². The fraction of sp³-hybridized carbons (Fsp3) is 0.381. The third kappa shape index (κ3) is 3.95. The van der Waals surface area contributed by atoms with Crippen molar-refractivity contribution in [3.63, 3.8) is 0 Å². The molecule has 32 heavy (non-hydrogen) atoms. The molecule has 1 fully saturated rings. The van der Waals surface area contributed by atoms with Gasteiger partial charge in [-0.15, -0.1) is 4.40 Å². The molecule has 0 aromatic heterocycles. The average molecular weight is 458 g/mol. The smallest absolute Gasteiger partial charge is 0.267 e. The van der Waals surface area contributed by atoms with Crippen LogP contribution in [0.5, 0.6) is 11.5 Å². The van der Waals surface area contributed by atoms with Crippen LogP contribution in [0.2, 0.25) is 0 Å². The number of amidine groups is 1. The molecule has 1 saturated heterocycles. The first-order valence-electron chi connectivity index (χ1n) is 10.4. The van der Waals surface area contributed by atoms with Gasteiger partial charge in [-0.2, -0.15) is 0 Å². The molecule has 4 heterocycles. The molecule has 0 spiro atoms. The summed E-state index contributed by atoms with van der Waals surface area (Å²) < 4.78 is 38.4.